The van der Waals surface area contributed by atoms with Crippen LogP contribution in [0.4, 0.5) is 0 Å². The van der Waals surface area contributed by atoms with Gasteiger partial charge in [0.2, 0.25) is 17.6 Å². The molecule has 1 aromatic heterocycles. The molecule has 0 fully saturated rings. The van der Waals surface area contributed by atoms with E-state index in [0.717, 1.165) is 17.7 Å². The summed E-state index contributed by atoms with van der Waals surface area (Å²) in [7, 11) is 1.62. The first-order valence-corrected chi connectivity index (χ1v) is 9.21. The molecule has 0 spiro atoms. The van der Waals surface area contributed by atoms with Crippen molar-refractivity contribution in [2.45, 2.75) is 53.0 Å². The monoisotopic (exact) mass is 359 g/mol. The lowest BCUT2D eigenvalue weighted by molar-refractivity contribution is -0.134. The summed E-state index contributed by atoms with van der Waals surface area (Å²) in [4.78, 5) is 18.9. The molecule has 0 N–H and O–H groups in total. The lowest BCUT2D eigenvalue weighted by Gasteiger charge is -2.29. The van der Waals surface area contributed by atoms with Crippen molar-refractivity contribution in [1.29, 1.82) is 0 Å². The molecule has 1 aromatic carbocycles. The maximum absolute atomic E-state index is 12.5. The largest absolute Gasteiger partial charge is 0.497 e. The van der Waals surface area contributed by atoms with Gasteiger partial charge in [-0.2, -0.15) is 4.98 Å². The molecule has 26 heavy (non-hydrogen) atoms. The van der Waals surface area contributed by atoms with Gasteiger partial charge < -0.3 is 14.2 Å². The molecule has 0 aliphatic heterocycles. The van der Waals surface area contributed by atoms with E-state index in [1.807, 2.05) is 29.2 Å². The maximum Gasteiger partial charge on any atom is 0.228 e. The van der Waals surface area contributed by atoms with Gasteiger partial charge in [-0.05, 0) is 31.4 Å². The minimum absolute atomic E-state index is 0.182. The van der Waals surface area contributed by atoms with E-state index in [-0.39, 0.29) is 11.9 Å². The van der Waals surface area contributed by atoms with Crippen molar-refractivity contribution < 1.29 is 14.1 Å². The van der Waals surface area contributed by atoms with E-state index in [4.69, 9.17) is 9.26 Å². The molecule has 0 aliphatic rings. The second-order valence-corrected chi connectivity index (χ2v) is 6.94. The number of aromatic nitrogens is 2. The summed E-state index contributed by atoms with van der Waals surface area (Å²) < 4.78 is 10.6. The number of benzene rings is 1. The van der Waals surface area contributed by atoms with Crippen molar-refractivity contribution in [1.82, 2.24) is 15.0 Å². The van der Waals surface area contributed by atoms with Crippen molar-refractivity contribution in [3.63, 3.8) is 0 Å². The second kappa shape index (κ2) is 9.36. The van der Waals surface area contributed by atoms with Gasteiger partial charge in [-0.15, -0.1) is 0 Å². The fraction of sp³-hybridized carbons (Fsp3) is 0.550. The number of rotatable bonds is 9. The zero-order chi connectivity index (χ0) is 19.1. The number of hydrogen-bond acceptors (Lipinski definition) is 5. The average molecular weight is 359 g/mol. The highest BCUT2D eigenvalue weighted by Crippen LogP contribution is 2.21. The van der Waals surface area contributed by atoms with Crippen LogP contribution >= 0.6 is 0 Å². The third kappa shape index (κ3) is 5.31. The summed E-state index contributed by atoms with van der Waals surface area (Å²) in [6, 6.07) is 7.73. The van der Waals surface area contributed by atoms with Crippen LogP contribution in [0.3, 0.4) is 0 Å². The van der Waals surface area contributed by atoms with E-state index >= 15 is 0 Å². The topological polar surface area (TPSA) is 68.5 Å². The third-order valence-corrected chi connectivity index (χ3v) is 4.39. The summed E-state index contributed by atoms with van der Waals surface area (Å²) >= 11 is 0. The van der Waals surface area contributed by atoms with Crippen LogP contribution in [0.2, 0.25) is 0 Å². The summed E-state index contributed by atoms with van der Waals surface area (Å²) in [5, 5.41) is 4.05. The average Bonchev–Trinajstić information content (AvgIpc) is 3.10. The molecule has 0 saturated heterocycles. The number of carbonyl (C=O) groups excluding carboxylic acids is 1. The molecular formula is C20H29N3O3. The zero-order valence-corrected chi connectivity index (χ0v) is 16.4. The Balaban J connectivity index is 2.05. The molecule has 1 amide bonds. The summed E-state index contributed by atoms with van der Waals surface area (Å²) in [6.07, 6.45) is 2.02. The molecule has 0 bridgehead atoms. The number of hydrogen-bond donors (Lipinski definition) is 0. The van der Waals surface area contributed by atoms with Crippen LogP contribution in [0.5, 0.6) is 5.75 Å². The zero-order valence-electron chi connectivity index (χ0n) is 16.4. The fourth-order valence-corrected chi connectivity index (χ4v) is 2.73. The Kier molecular flexibility index (Phi) is 7.18. The molecule has 142 valence electrons. The van der Waals surface area contributed by atoms with Crippen molar-refractivity contribution in [3.8, 4) is 17.1 Å². The fourth-order valence-electron chi connectivity index (χ4n) is 2.73. The van der Waals surface area contributed by atoms with E-state index < -0.39 is 0 Å². The number of carbonyl (C=O) groups is 1. The number of amides is 1. The lowest BCUT2D eigenvalue weighted by atomic mass is 10.1. The standard InChI is InChI=1S/C20H29N3O3/c1-6-15(4)23(19(24)12-14(2)3)11-10-18-21-20(22-26-18)16-8-7-9-17(13-16)25-5/h7-9,13-15H,6,10-12H2,1-5H3. The summed E-state index contributed by atoms with van der Waals surface area (Å²) in [6.45, 7) is 8.87. The minimum Gasteiger partial charge on any atom is -0.497 e. The molecule has 1 heterocycles. The quantitative estimate of drug-likeness (QED) is 0.678. The Morgan fingerprint density at radius 1 is 1.31 bits per heavy atom. The van der Waals surface area contributed by atoms with E-state index in [1.165, 1.54) is 0 Å². The van der Waals surface area contributed by atoms with Crippen molar-refractivity contribution in [2.75, 3.05) is 13.7 Å². The predicted octanol–water partition coefficient (Wildman–Crippen LogP) is 3.96. The van der Waals surface area contributed by atoms with Gasteiger partial charge in [0.25, 0.3) is 0 Å². The Bertz CT molecular complexity index is 712. The van der Waals surface area contributed by atoms with Crippen LogP contribution in [0.15, 0.2) is 28.8 Å². The molecule has 1 atom stereocenters. The smallest absolute Gasteiger partial charge is 0.228 e. The van der Waals surface area contributed by atoms with Gasteiger partial charge in [-0.3, -0.25) is 4.79 Å². The highest BCUT2D eigenvalue weighted by atomic mass is 16.5. The van der Waals surface area contributed by atoms with Crippen LogP contribution in [-0.2, 0) is 11.2 Å². The predicted molar refractivity (Wildman–Crippen MR) is 101 cm³/mol. The number of nitrogens with zero attached hydrogens (tertiary/aromatic N) is 3. The molecule has 1 unspecified atom stereocenters. The van der Waals surface area contributed by atoms with Crippen LogP contribution in [-0.4, -0.2) is 40.6 Å². The van der Waals surface area contributed by atoms with Crippen LogP contribution in [0.25, 0.3) is 11.4 Å². The van der Waals surface area contributed by atoms with Gasteiger partial charge >= 0.3 is 0 Å². The van der Waals surface area contributed by atoms with E-state index in [2.05, 4.69) is 37.8 Å². The molecule has 6 heteroatoms. The van der Waals surface area contributed by atoms with Crippen molar-refractivity contribution >= 4 is 5.91 Å². The van der Waals surface area contributed by atoms with Gasteiger partial charge in [0, 0.05) is 31.0 Å². The molecule has 2 aromatic rings. The Morgan fingerprint density at radius 2 is 2.08 bits per heavy atom. The maximum atomic E-state index is 12.5. The van der Waals surface area contributed by atoms with Crippen LogP contribution in [0, 0.1) is 5.92 Å². The van der Waals surface area contributed by atoms with Crippen LogP contribution in [0.1, 0.15) is 46.4 Å². The van der Waals surface area contributed by atoms with Crippen molar-refractivity contribution in [2.24, 2.45) is 5.92 Å². The minimum atomic E-state index is 0.182. The molecule has 2 rings (SSSR count). The Hall–Kier alpha value is -2.37. The van der Waals surface area contributed by atoms with Gasteiger partial charge in [-0.25, -0.2) is 0 Å². The van der Waals surface area contributed by atoms with E-state index in [0.29, 0.717) is 37.0 Å². The lowest BCUT2D eigenvalue weighted by Crippen LogP contribution is -2.40. The number of ether oxygens (including phenoxy) is 1. The first kappa shape index (κ1) is 19.9. The Morgan fingerprint density at radius 3 is 2.73 bits per heavy atom. The SMILES string of the molecule is CCC(C)N(CCc1nc(-c2cccc(OC)c2)no1)C(=O)CC(C)C. The molecule has 6 nitrogen and oxygen atoms in total. The Labute approximate surface area is 155 Å². The van der Waals surface area contributed by atoms with Gasteiger partial charge in [-0.1, -0.05) is 38.1 Å². The molecular weight excluding hydrogens is 330 g/mol. The van der Waals surface area contributed by atoms with Gasteiger partial charge in [0.15, 0.2) is 0 Å². The summed E-state index contributed by atoms with van der Waals surface area (Å²) in [5.74, 6) is 2.34. The van der Waals surface area contributed by atoms with Gasteiger partial charge in [0.05, 0.1) is 7.11 Å². The van der Waals surface area contributed by atoms with E-state index in [9.17, 15) is 4.79 Å². The highest BCUT2D eigenvalue weighted by molar-refractivity contribution is 5.76. The van der Waals surface area contributed by atoms with Gasteiger partial charge in [0.1, 0.15) is 5.75 Å². The first-order valence-electron chi connectivity index (χ1n) is 9.21. The molecule has 0 saturated carbocycles. The highest BCUT2D eigenvalue weighted by Gasteiger charge is 2.20. The van der Waals surface area contributed by atoms with Crippen LogP contribution < -0.4 is 4.74 Å². The number of methoxy groups -OCH3 is 1. The summed E-state index contributed by atoms with van der Waals surface area (Å²) in [5.41, 5.74) is 0.842. The normalized spacial score (nSPS) is 12.2. The van der Waals surface area contributed by atoms with E-state index in [1.54, 1.807) is 7.11 Å². The molecule has 0 radical (unpaired) electrons. The third-order valence-electron chi connectivity index (χ3n) is 4.39. The second-order valence-electron chi connectivity index (χ2n) is 6.94. The molecule has 0 aliphatic carbocycles. The van der Waals surface area contributed by atoms with Crippen molar-refractivity contribution in [3.05, 3.63) is 30.2 Å². The first-order chi connectivity index (χ1) is 12.4.